The summed E-state index contributed by atoms with van der Waals surface area (Å²) in [4.78, 5) is 4.38. The van der Waals surface area contributed by atoms with E-state index in [1.165, 1.54) is 0 Å². The Bertz CT molecular complexity index is 488. The number of hydrogen-bond donors (Lipinski definition) is 2. The SMILES string of the molecule is CC(CC(N)=S)NS(=O)(=O)CCc1ccccn1. The smallest absolute Gasteiger partial charge is 0.212 e. The second kappa shape index (κ2) is 6.77. The molecule has 0 aliphatic heterocycles. The normalized spacial score (nSPS) is 13.2. The largest absolute Gasteiger partial charge is 0.393 e. The van der Waals surface area contributed by atoms with Crippen LogP contribution in [0.5, 0.6) is 0 Å². The van der Waals surface area contributed by atoms with Crippen LogP contribution in [0.15, 0.2) is 24.4 Å². The van der Waals surface area contributed by atoms with Crippen molar-refractivity contribution in [3.63, 3.8) is 0 Å². The minimum Gasteiger partial charge on any atom is -0.393 e. The van der Waals surface area contributed by atoms with E-state index in [-0.39, 0.29) is 11.8 Å². The van der Waals surface area contributed by atoms with Gasteiger partial charge in [-0.15, -0.1) is 0 Å². The first-order valence-electron chi connectivity index (χ1n) is 5.57. The van der Waals surface area contributed by atoms with Gasteiger partial charge in [0.05, 0.1) is 10.7 Å². The van der Waals surface area contributed by atoms with Crippen molar-refractivity contribution in [2.75, 3.05) is 5.75 Å². The molecule has 5 nitrogen and oxygen atoms in total. The molecule has 0 spiro atoms. The van der Waals surface area contributed by atoms with Gasteiger partial charge in [-0.05, 0) is 19.1 Å². The molecule has 0 saturated heterocycles. The van der Waals surface area contributed by atoms with Crippen LogP contribution in [-0.2, 0) is 16.4 Å². The van der Waals surface area contributed by atoms with Crippen molar-refractivity contribution in [3.05, 3.63) is 30.1 Å². The molecular weight excluding hydrogens is 270 g/mol. The van der Waals surface area contributed by atoms with Crippen molar-refractivity contribution in [2.45, 2.75) is 25.8 Å². The Hall–Kier alpha value is -1.05. The molecule has 18 heavy (non-hydrogen) atoms. The maximum Gasteiger partial charge on any atom is 0.212 e. The second-order valence-corrected chi connectivity index (χ2v) is 6.48. The fourth-order valence-corrected chi connectivity index (χ4v) is 3.04. The minimum atomic E-state index is -3.33. The number of nitrogens with zero attached hydrogens (tertiary/aromatic N) is 1. The average molecular weight is 287 g/mol. The van der Waals surface area contributed by atoms with Crippen LogP contribution in [0.25, 0.3) is 0 Å². The first-order chi connectivity index (χ1) is 8.39. The van der Waals surface area contributed by atoms with Crippen molar-refractivity contribution < 1.29 is 8.42 Å². The molecule has 1 atom stereocenters. The van der Waals surface area contributed by atoms with Crippen LogP contribution in [0, 0.1) is 0 Å². The number of nitrogens with one attached hydrogen (secondary N) is 1. The first kappa shape index (κ1) is 15.0. The first-order valence-corrected chi connectivity index (χ1v) is 7.63. The van der Waals surface area contributed by atoms with Crippen molar-refractivity contribution in [2.24, 2.45) is 5.73 Å². The van der Waals surface area contributed by atoms with Crippen LogP contribution in [-0.4, -0.2) is 30.2 Å². The molecule has 7 heteroatoms. The highest BCUT2D eigenvalue weighted by Crippen LogP contribution is 2.00. The molecule has 0 fully saturated rings. The summed E-state index contributed by atoms with van der Waals surface area (Å²) in [6.45, 7) is 1.73. The van der Waals surface area contributed by atoms with Gasteiger partial charge >= 0.3 is 0 Å². The molecule has 1 aromatic rings. The van der Waals surface area contributed by atoms with Crippen LogP contribution in [0.2, 0.25) is 0 Å². The fourth-order valence-electron chi connectivity index (χ4n) is 1.49. The topological polar surface area (TPSA) is 85.1 Å². The van der Waals surface area contributed by atoms with Gasteiger partial charge in [-0.25, -0.2) is 13.1 Å². The number of pyridine rings is 1. The molecule has 0 aromatic carbocycles. The summed E-state index contributed by atoms with van der Waals surface area (Å²) < 4.78 is 26.1. The Balaban J connectivity index is 2.47. The number of nitrogens with two attached hydrogens (primary N) is 1. The lowest BCUT2D eigenvalue weighted by Gasteiger charge is -2.13. The summed E-state index contributed by atoms with van der Waals surface area (Å²) in [7, 11) is -3.33. The Morgan fingerprint density at radius 2 is 2.28 bits per heavy atom. The predicted octanol–water partition coefficient (Wildman–Crippen LogP) is 0.608. The summed E-state index contributed by atoms with van der Waals surface area (Å²) in [6.07, 6.45) is 2.39. The molecule has 1 aromatic heterocycles. The van der Waals surface area contributed by atoms with Crippen molar-refractivity contribution in [1.29, 1.82) is 0 Å². The predicted molar refractivity (Wildman–Crippen MR) is 75.7 cm³/mol. The molecule has 0 saturated carbocycles. The molecule has 0 aliphatic rings. The molecule has 0 amide bonds. The van der Waals surface area contributed by atoms with E-state index in [0.29, 0.717) is 17.8 Å². The summed E-state index contributed by atoms with van der Waals surface area (Å²) in [5.74, 6) is 0.00564. The van der Waals surface area contributed by atoms with E-state index in [4.69, 9.17) is 18.0 Å². The molecule has 1 heterocycles. The highest BCUT2D eigenvalue weighted by Gasteiger charge is 2.15. The molecular formula is C11H17N3O2S2. The van der Waals surface area contributed by atoms with Crippen LogP contribution < -0.4 is 10.5 Å². The van der Waals surface area contributed by atoms with E-state index >= 15 is 0 Å². The standard InChI is InChI=1S/C11H17N3O2S2/c1-9(8-11(12)17)14-18(15,16)7-5-10-4-2-3-6-13-10/h2-4,6,9,14H,5,7-8H2,1H3,(H2,12,17). The van der Waals surface area contributed by atoms with Gasteiger partial charge in [-0.1, -0.05) is 18.3 Å². The van der Waals surface area contributed by atoms with Gasteiger partial charge in [-0.3, -0.25) is 4.98 Å². The molecule has 0 bridgehead atoms. The molecule has 0 aliphatic carbocycles. The minimum absolute atomic E-state index is 0.00564. The van der Waals surface area contributed by atoms with E-state index in [1.54, 1.807) is 25.3 Å². The van der Waals surface area contributed by atoms with Crippen LogP contribution in [0.3, 0.4) is 0 Å². The molecule has 3 N–H and O–H groups in total. The zero-order valence-electron chi connectivity index (χ0n) is 10.2. The second-order valence-electron chi connectivity index (χ2n) is 4.08. The van der Waals surface area contributed by atoms with Gasteiger partial charge in [0.2, 0.25) is 10.0 Å². The number of rotatable bonds is 7. The zero-order valence-corrected chi connectivity index (χ0v) is 11.8. The Kier molecular flexibility index (Phi) is 5.64. The van der Waals surface area contributed by atoms with Gasteiger partial charge in [0.1, 0.15) is 0 Å². The number of thiocarbonyl (C=S) groups is 1. The van der Waals surface area contributed by atoms with Gasteiger partial charge in [0.15, 0.2) is 0 Å². The lowest BCUT2D eigenvalue weighted by molar-refractivity contribution is 0.564. The van der Waals surface area contributed by atoms with E-state index in [2.05, 4.69) is 9.71 Å². The highest BCUT2D eigenvalue weighted by atomic mass is 32.2. The highest BCUT2D eigenvalue weighted by molar-refractivity contribution is 7.89. The monoisotopic (exact) mass is 287 g/mol. The van der Waals surface area contributed by atoms with E-state index in [9.17, 15) is 8.42 Å². The third-order valence-electron chi connectivity index (χ3n) is 2.24. The van der Waals surface area contributed by atoms with Gasteiger partial charge < -0.3 is 5.73 Å². The third-order valence-corrected chi connectivity index (χ3v) is 3.91. The van der Waals surface area contributed by atoms with E-state index in [0.717, 1.165) is 5.69 Å². The lowest BCUT2D eigenvalue weighted by Crippen LogP contribution is -2.37. The number of aromatic nitrogens is 1. The lowest BCUT2D eigenvalue weighted by atomic mass is 10.3. The zero-order chi connectivity index (χ0) is 13.6. The summed E-state index contributed by atoms with van der Waals surface area (Å²) in [5.41, 5.74) is 6.12. The fraction of sp³-hybridized carbons (Fsp3) is 0.455. The molecule has 1 unspecified atom stereocenters. The van der Waals surface area contributed by atoms with E-state index in [1.807, 2.05) is 6.07 Å². The molecule has 100 valence electrons. The van der Waals surface area contributed by atoms with Crippen LogP contribution >= 0.6 is 12.2 Å². The summed E-state index contributed by atoms with van der Waals surface area (Å²) in [5, 5.41) is 0. The number of sulfonamides is 1. The van der Waals surface area contributed by atoms with Crippen molar-refractivity contribution >= 4 is 27.2 Å². The van der Waals surface area contributed by atoms with Gasteiger partial charge in [-0.2, -0.15) is 0 Å². The van der Waals surface area contributed by atoms with Crippen LogP contribution in [0.4, 0.5) is 0 Å². The Labute approximate surface area is 113 Å². The Morgan fingerprint density at radius 3 is 2.83 bits per heavy atom. The number of hydrogen-bond acceptors (Lipinski definition) is 4. The molecule has 0 radical (unpaired) electrons. The van der Waals surface area contributed by atoms with Crippen LogP contribution in [0.1, 0.15) is 19.0 Å². The van der Waals surface area contributed by atoms with Gasteiger partial charge in [0, 0.05) is 30.8 Å². The summed E-state index contributed by atoms with van der Waals surface area (Å²) >= 11 is 4.74. The van der Waals surface area contributed by atoms with Gasteiger partial charge in [0.25, 0.3) is 0 Å². The Morgan fingerprint density at radius 1 is 1.56 bits per heavy atom. The molecule has 1 rings (SSSR count). The van der Waals surface area contributed by atoms with Crippen molar-refractivity contribution in [1.82, 2.24) is 9.71 Å². The maximum absolute atomic E-state index is 11.8. The third kappa shape index (κ3) is 6.04. The van der Waals surface area contributed by atoms with Crippen molar-refractivity contribution in [3.8, 4) is 0 Å². The average Bonchev–Trinajstić information content (AvgIpc) is 2.26. The quantitative estimate of drug-likeness (QED) is 0.718. The summed E-state index contributed by atoms with van der Waals surface area (Å²) in [6, 6.07) is 5.14. The van der Waals surface area contributed by atoms with E-state index < -0.39 is 10.0 Å². The number of aryl methyl sites for hydroxylation is 1. The maximum atomic E-state index is 11.8.